The Morgan fingerprint density at radius 1 is 1.28 bits per heavy atom. The average molecular weight is 245 g/mol. The van der Waals surface area contributed by atoms with Crippen LogP contribution < -0.4 is 10.1 Å². The number of carbonyl (C=O) groups is 1. The van der Waals surface area contributed by atoms with Crippen LogP contribution in [0.3, 0.4) is 0 Å². The van der Waals surface area contributed by atoms with Gasteiger partial charge in [0.25, 0.3) is 0 Å². The number of amides is 1. The minimum absolute atomic E-state index is 0.0213. The molecule has 0 aliphatic rings. The van der Waals surface area contributed by atoms with Gasteiger partial charge in [-0.15, -0.1) is 0 Å². The summed E-state index contributed by atoms with van der Waals surface area (Å²) in [6.07, 6.45) is 0.889. The van der Waals surface area contributed by atoms with Crippen molar-refractivity contribution in [3.8, 4) is 5.88 Å². The summed E-state index contributed by atoms with van der Waals surface area (Å²) in [5, 5.41) is 2.58. The predicted octanol–water partition coefficient (Wildman–Crippen LogP) is 1.32. The number of hydrogen-bond acceptors (Lipinski definition) is 4. The lowest BCUT2D eigenvalue weighted by atomic mass is 10.2. The van der Waals surface area contributed by atoms with Gasteiger partial charge in [0.05, 0.1) is 18.1 Å². The molecule has 5 heteroatoms. The van der Waals surface area contributed by atoms with Crippen LogP contribution in [0.15, 0.2) is 24.3 Å². The first-order chi connectivity index (χ1) is 8.74. The number of carbonyl (C=O) groups excluding carboxylic acids is 1. The van der Waals surface area contributed by atoms with E-state index in [0.717, 1.165) is 11.0 Å². The molecule has 0 aliphatic heterocycles. The molecule has 1 N–H and O–H groups in total. The lowest BCUT2D eigenvalue weighted by molar-refractivity contribution is -0.120. The predicted molar refractivity (Wildman–Crippen MR) is 68.5 cm³/mol. The third-order valence-electron chi connectivity index (χ3n) is 2.67. The monoisotopic (exact) mass is 245 g/mol. The van der Waals surface area contributed by atoms with E-state index in [2.05, 4.69) is 15.3 Å². The van der Waals surface area contributed by atoms with E-state index in [4.69, 9.17) is 4.74 Å². The van der Waals surface area contributed by atoms with Crippen LogP contribution >= 0.6 is 0 Å². The van der Waals surface area contributed by atoms with Crippen molar-refractivity contribution in [3.05, 3.63) is 30.0 Å². The zero-order valence-corrected chi connectivity index (χ0v) is 10.4. The van der Waals surface area contributed by atoms with Gasteiger partial charge < -0.3 is 10.1 Å². The third kappa shape index (κ3) is 2.56. The number of nitrogens with zero attached hydrogens (tertiary/aromatic N) is 2. The van der Waals surface area contributed by atoms with Crippen LogP contribution in [0.1, 0.15) is 12.1 Å². The van der Waals surface area contributed by atoms with Crippen LogP contribution in [0, 0.1) is 0 Å². The normalized spacial score (nSPS) is 10.3. The molecule has 2 aromatic rings. The van der Waals surface area contributed by atoms with Gasteiger partial charge in [-0.25, -0.2) is 9.97 Å². The summed E-state index contributed by atoms with van der Waals surface area (Å²) in [4.78, 5) is 20.1. The van der Waals surface area contributed by atoms with Crippen LogP contribution in [0.2, 0.25) is 0 Å². The Labute approximate surface area is 105 Å². The van der Waals surface area contributed by atoms with Gasteiger partial charge >= 0.3 is 0 Å². The second kappa shape index (κ2) is 5.44. The highest BCUT2D eigenvalue weighted by atomic mass is 16.5. The average Bonchev–Trinajstić information content (AvgIpc) is 2.43. The lowest BCUT2D eigenvalue weighted by Crippen LogP contribution is -2.18. The molecule has 0 unspecified atom stereocenters. The van der Waals surface area contributed by atoms with Gasteiger partial charge in [-0.05, 0) is 12.1 Å². The number of benzene rings is 1. The van der Waals surface area contributed by atoms with Crippen molar-refractivity contribution >= 4 is 16.9 Å². The van der Waals surface area contributed by atoms with Gasteiger partial charge in [0.2, 0.25) is 11.8 Å². The second-order valence-corrected chi connectivity index (χ2v) is 3.84. The molecule has 94 valence electrons. The Morgan fingerprint density at radius 2 is 1.94 bits per heavy atom. The molecule has 0 aliphatic carbocycles. The zero-order valence-electron chi connectivity index (χ0n) is 10.4. The molecular weight excluding hydrogens is 230 g/mol. The van der Waals surface area contributed by atoms with E-state index in [0.29, 0.717) is 24.4 Å². The van der Waals surface area contributed by atoms with E-state index in [1.165, 1.54) is 0 Å². The summed E-state index contributed by atoms with van der Waals surface area (Å²) in [6.45, 7) is 0. The fourth-order valence-electron chi connectivity index (χ4n) is 1.70. The van der Waals surface area contributed by atoms with Crippen LogP contribution in [0.4, 0.5) is 0 Å². The van der Waals surface area contributed by atoms with Crippen molar-refractivity contribution in [2.24, 2.45) is 0 Å². The molecule has 0 spiro atoms. The maximum Gasteiger partial charge on any atom is 0.235 e. The van der Waals surface area contributed by atoms with Gasteiger partial charge in [0, 0.05) is 19.9 Å². The number of para-hydroxylation sites is 2. The van der Waals surface area contributed by atoms with E-state index >= 15 is 0 Å². The lowest BCUT2D eigenvalue weighted by Gasteiger charge is -2.07. The first kappa shape index (κ1) is 12.3. The van der Waals surface area contributed by atoms with Crippen molar-refractivity contribution in [2.75, 3.05) is 14.2 Å². The van der Waals surface area contributed by atoms with Crippen molar-refractivity contribution in [1.82, 2.24) is 15.3 Å². The van der Waals surface area contributed by atoms with Crippen LogP contribution in [-0.2, 0) is 11.2 Å². The van der Waals surface area contributed by atoms with Crippen molar-refractivity contribution < 1.29 is 9.53 Å². The molecule has 0 bridgehead atoms. The Morgan fingerprint density at radius 3 is 2.56 bits per heavy atom. The van der Waals surface area contributed by atoms with E-state index in [1.807, 2.05) is 24.3 Å². The fraction of sp³-hybridized carbons (Fsp3) is 0.308. The largest absolute Gasteiger partial charge is 0.480 e. The topological polar surface area (TPSA) is 64.1 Å². The fourth-order valence-corrected chi connectivity index (χ4v) is 1.70. The molecule has 0 radical (unpaired) electrons. The van der Waals surface area contributed by atoms with E-state index in [1.54, 1.807) is 14.2 Å². The van der Waals surface area contributed by atoms with E-state index in [9.17, 15) is 4.79 Å². The SMILES string of the molecule is CNC(=O)CCc1nc2ccccc2nc1OC. The van der Waals surface area contributed by atoms with Crippen LogP contribution in [0.25, 0.3) is 11.0 Å². The highest BCUT2D eigenvalue weighted by molar-refractivity contribution is 5.77. The summed E-state index contributed by atoms with van der Waals surface area (Å²) in [5.74, 6) is 0.463. The molecule has 1 heterocycles. The number of aromatic nitrogens is 2. The number of ether oxygens (including phenoxy) is 1. The maximum absolute atomic E-state index is 11.2. The zero-order chi connectivity index (χ0) is 13.0. The minimum atomic E-state index is -0.0213. The summed E-state index contributed by atoms with van der Waals surface area (Å²) in [6, 6.07) is 7.59. The highest BCUT2D eigenvalue weighted by Crippen LogP contribution is 2.19. The first-order valence-electron chi connectivity index (χ1n) is 5.75. The van der Waals surface area contributed by atoms with Crippen molar-refractivity contribution in [3.63, 3.8) is 0 Å². The van der Waals surface area contributed by atoms with E-state index < -0.39 is 0 Å². The van der Waals surface area contributed by atoms with Crippen molar-refractivity contribution in [2.45, 2.75) is 12.8 Å². The Hall–Kier alpha value is -2.17. The molecule has 0 fully saturated rings. The molecule has 2 rings (SSSR count). The molecule has 18 heavy (non-hydrogen) atoms. The molecule has 0 saturated heterocycles. The third-order valence-corrected chi connectivity index (χ3v) is 2.67. The highest BCUT2D eigenvalue weighted by Gasteiger charge is 2.10. The van der Waals surface area contributed by atoms with Gasteiger partial charge in [-0.2, -0.15) is 0 Å². The molecule has 0 saturated carbocycles. The molecule has 0 atom stereocenters. The maximum atomic E-state index is 11.2. The summed E-state index contributed by atoms with van der Waals surface area (Å²) >= 11 is 0. The van der Waals surface area contributed by atoms with Crippen LogP contribution in [-0.4, -0.2) is 30.0 Å². The van der Waals surface area contributed by atoms with E-state index in [-0.39, 0.29) is 5.91 Å². The standard InChI is InChI=1S/C13H15N3O2/c1-14-12(17)8-7-11-13(18-2)16-10-6-4-3-5-9(10)15-11/h3-6H,7-8H2,1-2H3,(H,14,17). The first-order valence-corrected chi connectivity index (χ1v) is 5.75. The molecule has 1 aromatic carbocycles. The molecule has 5 nitrogen and oxygen atoms in total. The van der Waals surface area contributed by atoms with Gasteiger partial charge in [-0.3, -0.25) is 4.79 Å². The smallest absolute Gasteiger partial charge is 0.235 e. The summed E-state index contributed by atoms with van der Waals surface area (Å²) < 4.78 is 5.21. The Kier molecular flexibility index (Phi) is 3.72. The minimum Gasteiger partial charge on any atom is -0.480 e. The van der Waals surface area contributed by atoms with Gasteiger partial charge in [0.15, 0.2) is 0 Å². The summed E-state index contributed by atoms with van der Waals surface area (Å²) in [5.41, 5.74) is 2.31. The number of methoxy groups -OCH3 is 1. The Bertz CT molecular complexity index is 569. The number of rotatable bonds is 4. The number of fused-ring (bicyclic) bond motifs is 1. The Balaban J connectivity index is 2.32. The van der Waals surface area contributed by atoms with Crippen LogP contribution in [0.5, 0.6) is 5.88 Å². The van der Waals surface area contributed by atoms with Gasteiger partial charge in [-0.1, -0.05) is 12.1 Å². The quantitative estimate of drug-likeness (QED) is 0.882. The summed E-state index contributed by atoms with van der Waals surface area (Å²) in [7, 11) is 3.17. The molecule has 1 amide bonds. The number of aryl methyl sites for hydroxylation is 1. The molecule has 1 aromatic heterocycles. The number of hydrogen-bond donors (Lipinski definition) is 1. The second-order valence-electron chi connectivity index (χ2n) is 3.84. The number of nitrogens with one attached hydrogen (secondary N) is 1. The molecular formula is C13H15N3O2. The van der Waals surface area contributed by atoms with Crippen molar-refractivity contribution in [1.29, 1.82) is 0 Å². The van der Waals surface area contributed by atoms with Gasteiger partial charge in [0.1, 0.15) is 5.69 Å².